The molecule has 1 aromatic carbocycles. The average Bonchev–Trinajstić information content (AvgIpc) is 2.53. The third-order valence-electron chi connectivity index (χ3n) is 4.38. The molecule has 0 aliphatic heterocycles. The number of nitrogens with zero attached hydrogens (tertiary/aromatic N) is 1. The molecule has 1 aliphatic carbocycles. The Balaban J connectivity index is 1.95. The van der Waals surface area contributed by atoms with Crippen LogP contribution in [0.2, 0.25) is 0 Å². The van der Waals surface area contributed by atoms with Gasteiger partial charge < -0.3 is 15.7 Å². The Morgan fingerprint density at radius 2 is 2.18 bits per heavy atom. The van der Waals surface area contributed by atoms with Gasteiger partial charge in [0.25, 0.3) is 0 Å². The number of hydrogen-bond donors (Lipinski definition) is 3. The second-order valence-electron chi connectivity index (χ2n) is 6.15. The molecule has 1 aliphatic rings. The third-order valence-corrected chi connectivity index (χ3v) is 4.38. The van der Waals surface area contributed by atoms with E-state index < -0.39 is 0 Å². The SMILES string of the molecule is CCNC(=NCc1cccc(O)c1)NC1CCCC(CC)C1. The first-order valence-corrected chi connectivity index (χ1v) is 8.54. The molecule has 0 bridgehead atoms. The largest absolute Gasteiger partial charge is 0.508 e. The van der Waals surface area contributed by atoms with Gasteiger partial charge in [-0.25, -0.2) is 4.99 Å². The van der Waals surface area contributed by atoms with Gasteiger partial charge in [-0.1, -0.05) is 38.3 Å². The minimum absolute atomic E-state index is 0.295. The fraction of sp³-hybridized carbons (Fsp3) is 0.611. The summed E-state index contributed by atoms with van der Waals surface area (Å²) in [6.07, 6.45) is 6.42. The van der Waals surface area contributed by atoms with E-state index in [1.54, 1.807) is 12.1 Å². The average molecular weight is 303 g/mol. The predicted molar refractivity (Wildman–Crippen MR) is 92.1 cm³/mol. The number of benzene rings is 1. The highest BCUT2D eigenvalue weighted by molar-refractivity contribution is 5.80. The van der Waals surface area contributed by atoms with Gasteiger partial charge in [-0.2, -0.15) is 0 Å². The molecule has 0 radical (unpaired) electrons. The van der Waals surface area contributed by atoms with Crippen molar-refractivity contribution in [1.82, 2.24) is 10.6 Å². The molecule has 3 N–H and O–H groups in total. The van der Waals surface area contributed by atoms with Crippen molar-refractivity contribution >= 4 is 5.96 Å². The monoisotopic (exact) mass is 303 g/mol. The number of aromatic hydroxyl groups is 1. The first-order valence-electron chi connectivity index (χ1n) is 8.54. The van der Waals surface area contributed by atoms with Crippen molar-refractivity contribution in [3.8, 4) is 5.75 Å². The molecule has 0 spiro atoms. The summed E-state index contributed by atoms with van der Waals surface area (Å²) < 4.78 is 0. The minimum atomic E-state index is 0.295. The maximum absolute atomic E-state index is 9.52. The molecule has 4 heteroatoms. The number of guanidine groups is 1. The van der Waals surface area contributed by atoms with Gasteiger partial charge in [-0.15, -0.1) is 0 Å². The molecule has 0 saturated heterocycles. The normalized spacial score (nSPS) is 22.4. The van der Waals surface area contributed by atoms with Crippen LogP contribution < -0.4 is 10.6 Å². The van der Waals surface area contributed by atoms with Crippen LogP contribution in [0.4, 0.5) is 0 Å². The van der Waals surface area contributed by atoms with Gasteiger partial charge >= 0.3 is 0 Å². The standard InChI is InChI=1S/C18H29N3O/c1-3-14-7-5-9-16(11-14)21-18(19-4-2)20-13-15-8-6-10-17(22)12-15/h6,8,10,12,14,16,22H,3-5,7,9,11,13H2,1-2H3,(H2,19,20,21). The lowest BCUT2D eigenvalue weighted by molar-refractivity contribution is 0.298. The summed E-state index contributed by atoms with van der Waals surface area (Å²) in [6, 6.07) is 7.82. The van der Waals surface area contributed by atoms with Crippen LogP contribution in [0.15, 0.2) is 29.3 Å². The Morgan fingerprint density at radius 3 is 2.91 bits per heavy atom. The summed E-state index contributed by atoms with van der Waals surface area (Å²) in [6.45, 7) is 5.80. The van der Waals surface area contributed by atoms with E-state index in [4.69, 9.17) is 0 Å². The number of aliphatic imine (C=N–C) groups is 1. The number of rotatable bonds is 5. The van der Waals surface area contributed by atoms with Crippen molar-refractivity contribution in [3.05, 3.63) is 29.8 Å². The molecule has 0 aromatic heterocycles. The van der Waals surface area contributed by atoms with E-state index in [1.165, 1.54) is 32.1 Å². The zero-order chi connectivity index (χ0) is 15.8. The van der Waals surface area contributed by atoms with E-state index in [2.05, 4.69) is 29.5 Å². The van der Waals surface area contributed by atoms with Gasteiger partial charge in [0.1, 0.15) is 5.75 Å². The Bertz CT molecular complexity index is 487. The first-order chi connectivity index (χ1) is 10.7. The summed E-state index contributed by atoms with van der Waals surface area (Å²) in [5.74, 6) is 2.02. The van der Waals surface area contributed by atoms with E-state index in [0.29, 0.717) is 18.3 Å². The number of nitrogens with one attached hydrogen (secondary N) is 2. The van der Waals surface area contributed by atoms with Crippen molar-refractivity contribution in [3.63, 3.8) is 0 Å². The topological polar surface area (TPSA) is 56.7 Å². The van der Waals surface area contributed by atoms with Crippen LogP contribution >= 0.6 is 0 Å². The van der Waals surface area contributed by atoms with E-state index >= 15 is 0 Å². The lowest BCUT2D eigenvalue weighted by atomic mass is 9.84. The summed E-state index contributed by atoms with van der Waals surface area (Å²) >= 11 is 0. The molecule has 2 rings (SSSR count). The molecule has 1 fully saturated rings. The van der Waals surface area contributed by atoms with Crippen LogP contribution in [-0.2, 0) is 6.54 Å². The fourth-order valence-electron chi connectivity index (χ4n) is 3.13. The van der Waals surface area contributed by atoms with E-state index in [-0.39, 0.29) is 0 Å². The van der Waals surface area contributed by atoms with Crippen LogP contribution in [0.5, 0.6) is 5.75 Å². The molecule has 1 saturated carbocycles. The molecule has 2 atom stereocenters. The summed E-state index contributed by atoms with van der Waals surface area (Å²) in [4.78, 5) is 4.65. The number of phenolic OH excluding ortho intramolecular Hbond substituents is 1. The predicted octanol–water partition coefficient (Wildman–Crippen LogP) is 3.42. The Hall–Kier alpha value is -1.71. The number of phenols is 1. The molecule has 0 amide bonds. The smallest absolute Gasteiger partial charge is 0.191 e. The molecule has 122 valence electrons. The van der Waals surface area contributed by atoms with Crippen molar-refractivity contribution in [2.24, 2.45) is 10.9 Å². The van der Waals surface area contributed by atoms with Crippen LogP contribution in [0.3, 0.4) is 0 Å². The second kappa shape index (κ2) is 8.66. The minimum Gasteiger partial charge on any atom is -0.508 e. The second-order valence-corrected chi connectivity index (χ2v) is 6.15. The lowest BCUT2D eigenvalue weighted by Gasteiger charge is -2.30. The van der Waals surface area contributed by atoms with Gasteiger partial charge in [-0.3, -0.25) is 0 Å². The Labute approximate surface area is 134 Å². The fourth-order valence-corrected chi connectivity index (χ4v) is 3.13. The summed E-state index contributed by atoms with van der Waals surface area (Å²) in [5, 5.41) is 16.4. The zero-order valence-corrected chi connectivity index (χ0v) is 13.8. The van der Waals surface area contributed by atoms with Crippen molar-refractivity contribution in [2.75, 3.05) is 6.54 Å². The van der Waals surface area contributed by atoms with Crippen LogP contribution in [-0.4, -0.2) is 23.7 Å². The zero-order valence-electron chi connectivity index (χ0n) is 13.8. The quantitative estimate of drug-likeness (QED) is 0.577. The highest BCUT2D eigenvalue weighted by Crippen LogP contribution is 2.26. The maximum atomic E-state index is 9.52. The van der Waals surface area contributed by atoms with Crippen molar-refractivity contribution in [1.29, 1.82) is 0 Å². The Kier molecular flexibility index (Phi) is 6.56. The van der Waals surface area contributed by atoms with E-state index in [0.717, 1.165) is 24.0 Å². The molecular weight excluding hydrogens is 274 g/mol. The van der Waals surface area contributed by atoms with E-state index in [9.17, 15) is 5.11 Å². The van der Waals surface area contributed by atoms with Gasteiger partial charge in [-0.05, 0) is 43.4 Å². The molecule has 2 unspecified atom stereocenters. The molecule has 22 heavy (non-hydrogen) atoms. The maximum Gasteiger partial charge on any atom is 0.191 e. The van der Waals surface area contributed by atoms with Gasteiger partial charge in [0.05, 0.1) is 6.54 Å². The van der Waals surface area contributed by atoms with Crippen molar-refractivity contribution in [2.45, 2.75) is 58.5 Å². The van der Waals surface area contributed by atoms with Crippen molar-refractivity contribution < 1.29 is 5.11 Å². The Morgan fingerprint density at radius 1 is 1.32 bits per heavy atom. The molecule has 4 nitrogen and oxygen atoms in total. The van der Waals surface area contributed by atoms with Crippen LogP contribution in [0.1, 0.15) is 51.5 Å². The highest BCUT2D eigenvalue weighted by Gasteiger charge is 2.21. The lowest BCUT2D eigenvalue weighted by Crippen LogP contribution is -2.45. The third kappa shape index (κ3) is 5.24. The summed E-state index contributed by atoms with van der Waals surface area (Å²) in [5.41, 5.74) is 1.02. The molecule has 1 aromatic rings. The molecular formula is C18H29N3O. The van der Waals surface area contributed by atoms with Crippen LogP contribution in [0.25, 0.3) is 0 Å². The van der Waals surface area contributed by atoms with Gasteiger partial charge in [0.2, 0.25) is 0 Å². The van der Waals surface area contributed by atoms with Gasteiger partial charge in [0, 0.05) is 12.6 Å². The highest BCUT2D eigenvalue weighted by atomic mass is 16.3. The van der Waals surface area contributed by atoms with Gasteiger partial charge in [0.15, 0.2) is 5.96 Å². The van der Waals surface area contributed by atoms with E-state index in [1.807, 2.05) is 12.1 Å². The first kappa shape index (κ1) is 16.7. The summed E-state index contributed by atoms with van der Waals surface area (Å²) in [7, 11) is 0. The van der Waals surface area contributed by atoms with Crippen LogP contribution in [0, 0.1) is 5.92 Å². The molecule has 0 heterocycles. The number of hydrogen-bond acceptors (Lipinski definition) is 2.